The van der Waals surface area contributed by atoms with Crippen LogP contribution >= 0.6 is 35.6 Å². The van der Waals surface area contributed by atoms with E-state index in [1.165, 1.54) is 11.8 Å². The Morgan fingerprint density at radius 2 is 1.73 bits per heavy atom. The standard InChI is InChI=1S/C32H30ClN3O2S2/c1-2-3-4-10-19-35-31(37)29(40-32(35)39)20-25-21-36(26-12-6-5-7-13-26)34-30(25)23-15-17-27(18-16-23)38-22-24-11-8-9-14-28(24)33/h5-9,11-18,20-21H,2-4,10,19,22H2,1H3. The van der Waals surface area contributed by atoms with E-state index in [1.807, 2.05) is 95.8 Å². The maximum absolute atomic E-state index is 13.3. The first kappa shape index (κ1) is 28.1. The van der Waals surface area contributed by atoms with Crippen molar-refractivity contribution in [3.8, 4) is 22.7 Å². The normalized spacial score (nSPS) is 14.3. The molecule has 0 radical (unpaired) electrons. The Morgan fingerprint density at radius 3 is 2.48 bits per heavy atom. The molecule has 5 nitrogen and oxygen atoms in total. The summed E-state index contributed by atoms with van der Waals surface area (Å²) in [4.78, 5) is 15.6. The SMILES string of the molecule is CCCCCCN1C(=O)C(=Cc2cn(-c3ccccc3)nc2-c2ccc(OCc3ccccc3Cl)cc2)SC1=S. The molecule has 5 rings (SSSR count). The number of unbranched alkanes of at least 4 members (excludes halogenated alkanes) is 3. The summed E-state index contributed by atoms with van der Waals surface area (Å²) in [6, 6.07) is 25.4. The number of carbonyl (C=O) groups is 1. The Bertz CT molecular complexity index is 1520. The van der Waals surface area contributed by atoms with Gasteiger partial charge in [-0.1, -0.05) is 98.2 Å². The first-order chi connectivity index (χ1) is 19.5. The van der Waals surface area contributed by atoms with Crippen molar-refractivity contribution in [1.29, 1.82) is 0 Å². The van der Waals surface area contributed by atoms with Crippen molar-refractivity contribution >= 4 is 51.9 Å². The lowest BCUT2D eigenvalue weighted by Crippen LogP contribution is -2.29. The highest BCUT2D eigenvalue weighted by molar-refractivity contribution is 8.26. The number of aromatic nitrogens is 2. The number of hydrogen-bond acceptors (Lipinski definition) is 5. The average Bonchev–Trinajstić information content (AvgIpc) is 3.51. The van der Waals surface area contributed by atoms with Crippen molar-refractivity contribution in [2.24, 2.45) is 0 Å². The monoisotopic (exact) mass is 587 g/mol. The van der Waals surface area contributed by atoms with Crippen molar-refractivity contribution in [2.75, 3.05) is 6.54 Å². The summed E-state index contributed by atoms with van der Waals surface area (Å²) in [5, 5.41) is 5.59. The molecule has 1 amide bonds. The second-order valence-electron chi connectivity index (χ2n) is 9.51. The largest absolute Gasteiger partial charge is 0.489 e. The van der Waals surface area contributed by atoms with Crippen molar-refractivity contribution < 1.29 is 9.53 Å². The predicted molar refractivity (Wildman–Crippen MR) is 169 cm³/mol. The lowest BCUT2D eigenvalue weighted by molar-refractivity contribution is -0.122. The Balaban J connectivity index is 1.40. The smallest absolute Gasteiger partial charge is 0.266 e. The van der Waals surface area contributed by atoms with Crippen LogP contribution in [0.2, 0.25) is 5.02 Å². The minimum absolute atomic E-state index is 0.0340. The van der Waals surface area contributed by atoms with Crippen LogP contribution in [0.1, 0.15) is 43.7 Å². The van der Waals surface area contributed by atoms with Gasteiger partial charge in [0.15, 0.2) is 0 Å². The second kappa shape index (κ2) is 13.3. The van der Waals surface area contributed by atoms with Gasteiger partial charge in [-0.05, 0) is 55.0 Å². The number of para-hydroxylation sites is 1. The molecule has 2 heterocycles. The Labute approximate surface area is 249 Å². The van der Waals surface area contributed by atoms with Crippen molar-refractivity contribution in [2.45, 2.75) is 39.2 Å². The van der Waals surface area contributed by atoms with Gasteiger partial charge in [0.05, 0.1) is 16.3 Å². The predicted octanol–water partition coefficient (Wildman–Crippen LogP) is 8.55. The van der Waals surface area contributed by atoms with Gasteiger partial charge in [0.25, 0.3) is 5.91 Å². The van der Waals surface area contributed by atoms with E-state index in [-0.39, 0.29) is 5.91 Å². The number of nitrogens with zero attached hydrogens (tertiary/aromatic N) is 3. The Kier molecular flexibility index (Phi) is 9.37. The second-order valence-corrected chi connectivity index (χ2v) is 11.6. The molecule has 1 saturated heterocycles. The number of benzene rings is 3. The van der Waals surface area contributed by atoms with Crippen LogP contribution in [0.15, 0.2) is 90.0 Å². The molecule has 1 aliphatic heterocycles. The summed E-state index contributed by atoms with van der Waals surface area (Å²) in [6.07, 6.45) is 8.24. The fourth-order valence-corrected chi connectivity index (χ4v) is 5.94. The van der Waals surface area contributed by atoms with E-state index < -0.39 is 0 Å². The van der Waals surface area contributed by atoms with E-state index >= 15 is 0 Å². The lowest BCUT2D eigenvalue weighted by Gasteiger charge is -2.13. The fourth-order valence-electron chi connectivity index (χ4n) is 4.45. The maximum atomic E-state index is 13.3. The number of thiocarbonyl (C=S) groups is 1. The molecule has 204 valence electrons. The van der Waals surface area contributed by atoms with Crippen LogP contribution in [0.5, 0.6) is 5.75 Å². The van der Waals surface area contributed by atoms with E-state index in [1.54, 1.807) is 4.90 Å². The molecule has 0 aliphatic carbocycles. The van der Waals surface area contributed by atoms with Crippen LogP contribution in [0.4, 0.5) is 0 Å². The molecule has 0 N–H and O–H groups in total. The van der Waals surface area contributed by atoms with Gasteiger partial charge < -0.3 is 4.74 Å². The summed E-state index contributed by atoms with van der Waals surface area (Å²) >= 11 is 13.2. The van der Waals surface area contributed by atoms with Gasteiger partial charge in [-0.2, -0.15) is 5.10 Å². The summed E-state index contributed by atoms with van der Waals surface area (Å²) in [6.45, 7) is 3.22. The van der Waals surface area contributed by atoms with E-state index in [0.29, 0.717) is 27.4 Å². The third kappa shape index (κ3) is 6.66. The van der Waals surface area contributed by atoms with Crippen LogP contribution < -0.4 is 4.74 Å². The van der Waals surface area contributed by atoms with Crippen molar-refractivity contribution in [3.63, 3.8) is 0 Å². The maximum Gasteiger partial charge on any atom is 0.266 e. The number of ether oxygens (including phenoxy) is 1. The van der Waals surface area contributed by atoms with Gasteiger partial charge in [-0.3, -0.25) is 9.69 Å². The zero-order valence-corrected chi connectivity index (χ0v) is 24.6. The molecule has 0 saturated carbocycles. The molecule has 0 unspecified atom stereocenters. The van der Waals surface area contributed by atoms with E-state index in [9.17, 15) is 4.79 Å². The molecule has 4 aromatic rings. The van der Waals surface area contributed by atoms with Gasteiger partial charge >= 0.3 is 0 Å². The number of rotatable bonds is 11. The number of halogens is 1. The van der Waals surface area contributed by atoms with Crippen LogP contribution in [-0.4, -0.2) is 31.5 Å². The Hall–Kier alpha value is -3.39. The summed E-state index contributed by atoms with van der Waals surface area (Å²) < 4.78 is 8.43. The third-order valence-corrected chi connectivity index (χ3v) is 8.39. The first-order valence-corrected chi connectivity index (χ1v) is 15.0. The van der Waals surface area contributed by atoms with E-state index in [4.69, 9.17) is 33.7 Å². The molecule has 0 bridgehead atoms. The number of thioether (sulfide) groups is 1. The summed E-state index contributed by atoms with van der Waals surface area (Å²) in [7, 11) is 0. The van der Waals surface area contributed by atoms with Crippen molar-refractivity contribution in [3.05, 3.63) is 106 Å². The molecule has 40 heavy (non-hydrogen) atoms. The van der Waals surface area contributed by atoms with Crippen LogP contribution in [0.25, 0.3) is 23.0 Å². The highest BCUT2D eigenvalue weighted by Crippen LogP contribution is 2.35. The highest BCUT2D eigenvalue weighted by Gasteiger charge is 2.32. The summed E-state index contributed by atoms with van der Waals surface area (Å²) in [5.74, 6) is 0.699. The van der Waals surface area contributed by atoms with Gasteiger partial charge in [0.2, 0.25) is 0 Å². The molecular weight excluding hydrogens is 558 g/mol. The van der Waals surface area contributed by atoms with E-state index in [2.05, 4.69) is 6.92 Å². The topological polar surface area (TPSA) is 47.4 Å². The summed E-state index contributed by atoms with van der Waals surface area (Å²) in [5.41, 5.74) is 4.40. The first-order valence-electron chi connectivity index (χ1n) is 13.4. The number of carbonyl (C=O) groups excluding carboxylic acids is 1. The highest BCUT2D eigenvalue weighted by atomic mass is 35.5. The molecule has 1 fully saturated rings. The fraction of sp³-hybridized carbons (Fsp3) is 0.219. The number of hydrogen-bond donors (Lipinski definition) is 0. The zero-order valence-electron chi connectivity index (χ0n) is 22.3. The quantitative estimate of drug-likeness (QED) is 0.0999. The molecule has 1 aromatic heterocycles. The van der Waals surface area contributed by atoms with Crippen molar-refractivity contribution in [1.82, 2.24) is 14.7 Å². The Morgan fingerprint density at radius 1 is 0.975 bits per heavy atom. The molecule has 3 aromatic carbocycles. The number of amides is 1. The average molecular weight is 588 g/mol. The molecular formula is C32H30ClN3O2S2. The molecule has 0 spiro atoms. The van der Waals surface area contributed by atoms with E-state index in [0.717, 1.165) is 59.5 Å². The van der Waals surface area contributed by atoms with Crippen LogP contribution in [0.3, 0.4) is 0 Å². The van der Waals surface area contributed by atoms with Crippen LogP contribution in [-0.2, 0) is 11.4 Å². The molecule has 0 atom stereocenters. The zero-order chi connectivity index (χ0) is 27.9. The molecule has 8 heteroatoms. The lowest BCUT2D eigenvalue weighted by atomic mass is 10.1. The van der Waals surface area contributed by atoms with Crippen LogP contribution in [0, 0.1) is 0 Å². The third-order valence-electron chi connectivity index (χ3n) is 6.64. The minimum atomic E-state index is -0.0340. The van der Waals surface area contributed by atoms with Gasteiger partial charge in [0, 0.05) is 34.5 Å². The molecule has 1 aliphatic rings. The van der Waals surface area contributed by atoms with Gasteiger partial charge in [0.1, 0.15) is 16.7 Å². The van der Waals surface area contributed by atoms with Gasteiger partial charge in [-0.15, -0.1) is 0 Å². The van der Waals surface area contributed by atoms with Gasteiger partial charge in [-0.25, -0.2) is 4.68 Å². The minimum Gasteiger partial charge on any atom is -0.489 e.